The molecule has 0 aromatic heterocycles. The van der Waals surface area contributed by atoms with Crippen molar-refractivity contribution < 1.29 is 19.5 Å². The highest BCUT2D eigenvalue weighted by atomic mass is 16.4. The minimum atomic E-state index is -1.18. The molecule has 0 aliphatic heterocycles. The van der Waals surface area contributed by atoms with Crippen LogP contribution in [0.1, 0.15) is 12.8 Å². The van der Waals surface area contributed by atoms with E-state index in [0.29, 0.717) is 0 Å². The maximum absolute atomic E-state index is 11.1. The molecule has 1 atom stereocenters. The lowest BCUT2D eigenvalue weighted by atomic mass is 10.2. The number of carbonyl (C=O) groups excluding carboxylic acids is 2. The Labute approximate surface area is 87.0 Å². The van der Waals surface area contributed by atoms with E-state index >= 15 is 0 Å². The molecule has 0 radical (unpaired) electrons. The van der Waals surface area contributed by atoms with E-state index in [-0.39, 0.29) is 25.3 Å². The molecule has 0 aromatic carbocycles. The fraction of sp³-hybridized carbons (Fsp3) is 0.625. The fourth-order valence-corrected chi connectivity index (χ4v) is 0.752. The van der Waals surface area contributed by atoms with Crippen LogP contribution in [0.3, 0.4) is 0 Å². The Hall–Kier alpha value is -1.63. The van der Waals surface area contributed by atoms with Crippen molar-refractivity contribution in [3.05, 3.63) is 0 Å². The Kier molecular flexibility index (Phi) is 6.03. The van der Waals surface area contributed by atoms with Crippen LogP contribution >= 0.6 is 0 Å². The predicted octanol–water partition coefficient (Wildman–Crippen LogP) is -1.96. The highest BCUT2D eigenvalue weighted by molar-refractivity contribution is 5.84. The van der Waals surface area contributed by atoms with Crippen molar-refractivity contribution in [1.29, 1.82) is 0 Å². The third-order valence-corrected chi connectivity index (χ3v) is 1.69. The van der Waals surface area contributed by atoms with Gasteiger partial charge in [0.15, 0.2) is 0 Å². The van der Waals surface area contributed by atoms with E-state index in [1.807, 2.05) is 0 Å². The Morgan fingerprint density at radius 1 is 1.27 bits per heavy atom. The Morgan fingerprint density at radius 2 is 1.80 bits per heavy atom. The van der Waals surface area contributed by atoms with Crippen LogP contribution in [0.15, 0.2) is 0 Å². The number of amides is 2. The van der Waals surface area contributed by atoms with Crippen LogP contribution in [0, 0.1) is 0 Å². The fourth-order valence-electron chi connectivity index (χ4n) is 0.752. The van der Waals surface area contributed by atoms with Crippen molar-refractivity contribution in [2.45, 2.75) is 18.9 Å². The molecule has 5 N–H and O–H groups in total. The zero-order chi connectivity index (χ0) is 11.8. The summed E-state index contributed by atoms with van der Waals surface area (Å²) in [6.07, 6.45) is 0.0939. The van der Waals surface area contributed by atoms with Crippen LogP contribution < -0.4 is 16.4 Å². The van der Waals surface area contributed by atoms with Crippen LogP contribution in [0.2, 0.25) is 0 Å². The molecule has 0 aliphatic rings. The van der Waals surface area contributed by atoms with Crippen LogP contribution in [-0.2, 0) is 14.4 Å². The molecular weight excluding hydrogens is 202 g/mol. The molecule has 0 fully saturated rings. The second-order valence-electron chi connectivity index (χ2n) is 2.92. The largest absolute Gasteiger partial charge is 0.480 e. The van der Waals surface area contributed by atoms with E-state index in [1.54, 1.807) is 0 Å². The molecule has 0 rings (SSSR count). The molecule has 0 aliphatic carbocycles. The Balaban J connectivity index is 3.66. The van der Waals surface area contributed by atoms with E-state index in [2.05, 4.69) is 10.6 Å². The van der Waals surface area contributed by atoms with Crippen molar-refractivity contribution in [3.63, 3.8) is 0 Å². The standard InChI is InChI=1S/C8H15N3O4/c1-10-6(12)2-3-7(13)11-4-5(9)8(14)15/h5H,2-4,9H2,1H3,(H,10,12)(H,11,13)(H,14,15)/t5-/m0/s1. The summed E-state index contributed by atoms with van der Waals surface area (Å²) in [5.74, 6) is -1.82. The lowest BCUT2D eigenvalue weighted by Gasteiger charge is -2.07. The van der Waals surface area contributed by atoms with E-state index in [4.69, 9.17) is 10.8 Å². The Bertz CT molecular complexity index is 254. The number of nitrogens with two attached hydrogens (primary N) is 1. The monoisotopic (exact) mass is 217 g/mol. The third kappa shape index (κ3) is 6.44. The van der Waals surface area contributed by atoms with Gasteiger partial charge in [-0.1, -0.05) is 0 Å². The van der Waals surface area contributed by atoms with E-state index in [9.17, 15) is 14.4 Å². The maximum Gasteiger partial charge on any atom is 0.322 e. The SMILES string of the molecule is CNC(=O)CCC(=O)NC[C@H](N)C(=O)O. The van der Waals surface area contributed by atoms with Gasteiger partial charge in [0.2, 0.25) is 11.8 Å². The van der Waals surface area contributed by atoms with Gasteiger partial charge in [-0.15, -0.1) is 0 Å². The molecule has 7 nitrogen and oxygen atoms in total. The van der Waals surface area contributed by atoms with Crippen molar-refractivity contribution >= 4 is 17.8 Å². The van der Waals surface area contributed by atoms with Crippen LogP contribution in [0.4, 0.5) is 0 Å². The number of carbonyl (C=O) groups is 3. The zero-order valence-electron chi connectivity index (χ0n) is 8.45. The van der Waals surface area contributed by atoms with Crippen molar-refractivity contribution in [3.8, 4) is 0 Å². The number of hydrogen-bond donors (Lipinski definition) is 4. The smallest absolute Gasteiger partial charge is 0.322 e. The summed E-state index contributed by atoms with van der Waals surface area (Å²) in [5.41, 5.74) is 5.15. The van der Waals surface area contributed by atoms with Gasteiger partial charge in [0.05, 0.1) is 0 Å². The van der Waals surface area contributed by atoms with Crippen LogP contribution in [-0.4, -0.2) is 42.5 Å². The summed E-state index contributed by atoms with van der Waals surface area (Å²) in [6, 6.07) is -1.12. The van der Waals surface area contributed by atoms with Gasteiger partial charge in [-0.3, -0.25) is 14.4 Å². The second-order valence-corrected chi connectivity index (χ2v) is 2.92. The molecule has 0 heterocycles. The molecule has 0 saturated carbocycles. The van der Waals surface area contributed by atoms with Gasteiger partial charge >= 0.3 is 5.97 Å². The number of carboxylic acids is 1. The van der Waals surface area contributed by atoms with E-state index in [1.165, 1.54) is 7.05 Å². The Morgan fingerprint density at radius 3 is 2.27 bits per heavy atom. The van der Waals surface area contributed by atoms with Crippen molar-refractivity contribution in [1.82, 2.24) is 10.6 Å². The van der Waals surface area contributed by atoms with Gasteiger partial charge in [-0.2, -0.15) is 0 Å². The van der Waals surface area contributed by atoms with Gasteiger partial charge in [0.25, 0.3) is 0 Å². The first-order valence-corrected chi connectivity index (χ1v) is 4.43. The molecule has 0 aromatic rings. The number of aliphatic carboxylic acids is 1. The van der Waals surface area contributed by atoms with Crippen molar-refractivity contribution in [2.75, 3.05) is 13.6 Å². The van der Waals surface area contributed by atoms with Gasteiger partial charge in [-0.25, -0.2) is 0 Å². The lowest BCUT2D eigenvalue weighted by Crippen LogP contribution is -2.42. The molecule has 7 heteroatoms. The molecule has 15 heavy (non-hydrogen) atoms. The van der Waals surface area contributed by atoms with Gasteiger partial charge in [0, 0.05) is 26.4 Å². The third-order valence-electron chi connectivity index (χ3n) is 1.69. The van der Waals surface area contributed by atoms with Crippen molar-refractivity contribution in [2.24, 2.45) is 5.73 Å². The first-order valence-electron chi connectivity index (χ1n) is 4.43. The first kappa shape index (κ1) is 13.4. The second kappa shape index (κ2) is 6.77. The summed E-state index contributed by atoms with van der Waals surface area (Å²) >= 11 is 0. The van der Waals surface area contributed by atoms with E-state index < -0.39 is 17.9 Å². The average Bonchev–Trinajstić information content (AvgIpc) is 2.21. The predicted molar refractivity (Wildman–Crippen MR) is 51.9 cm³/mol. The molecular formula is C8H15N3O4. The minimum absolute atomic E-state index is 0.0199. The number of hydrogen-bond acceptors (Lipinski definition) is 4. The number of rotatable bonds is 6. The molecule has 2 amide bonds. The molecule has 0 unspecified atom stereocenters. The molecule has 86 valence electrons. The maximum atomic E-state index is 11.1. The quantitative estimate of drug-likeness (QED) is 0.411. The summed E-state index contributed by atoms with van der Waals surface area (Å²) in [4.78, 5) is 32.1. The summed E-state index contributed by atoms with van der Waals surface area (Å²) in [7, 11) is 1.47. The number of carboxylic acid groups (broad SMARTS) is 1. The molecule has 0 bridgehead atoms. The van der Waals surface area contributed by atoms with Crippen LogP contribution in [0.25, 0.3) is 0 Å². The minimum Gasteiger partial charge on any atom is -0.480 e. The van der Waals surface area contributed by atoms with Gasteiger partial charge < -0.3 is 21.5 Å². The molecule has 0 spiro atoms. The highest BCUT2D eigenvalue weighted by Crippen LogP contribution is 1.88. The summed E-state index contributed by atoms with van der Waals surface area (Å²) < 4.78 is 0. The molecule has 0 saturated heterocycles. The van der Waals surface area contributed by atoms with Gasteiger partial charge in [0.1, 0.15) is 6.04 Å². The van der Waals surface area contributed by atoms with Gasteiger partial charge in [-0.05, 0) is 0 Å². The highest BCUT2D eigenvalue weighted by Gasteiger charge is 2.12. The average molecular weight is 217 g/mol. The van der Waals surface area contributed by atoms with E-state index in [0.717, 1.165) is 0 Å². The topological polar surface area (TPSA) is 122 Å². The van der Waals surface area contributed by atoms with Crippen LogP contribution in [0.5, 0.6) is 0 Å². The summed E-state index contributed by atoms with van der Waals surface area (Å²) in [5, 5.41) is 13.1. The first-order chi connectivity index (χ1) is 6.97. The number of nitrogens with one attached hydrogen (secondary N) is 2. The lowest BCUT2D eigenvalue weighted by molar-refractivity contribution is -0.138. The zero-order valence-corrected chi connectivity index (χ0v) is 8.45. The summed E-state index contributed by atoms with van der Waals surface area (Å²) in [6.45, 7) is -0.137. The normalized spacial score (nSPS) is 11.6.